The average molecular weight is 336 g/mol. The maximum absolute atomic E-state index is 12.0. The Hall–Kier alpha value is -3.53. The largest absolute Gasteiger partial charge is 0.480 e. The van der Waals surface area contributed by atoms with E-state index in [2.05, 4.69) is 10.6 Å². The van der Waals surface area contributed by atoms with E-state index >= 15 is 0 Å². The molecule has 10 nitrogen and oxygen atoms in total. The second kappa shape index (κ2) is 9.48. The number of hydrogen-bond donors (Lipinski definition) is 5. The molecule has 24 heavy (non-hydrogen) atoms. The Morgan fingerprint density at radius 3 is 1.58 bits per heavy atom. The molecule has 0 radical (unpaired) electrons. The highest BCUT2D eigenvalue weighted by Gasteiger charge is 2.26. The summed E-state index contributed by atoms with van der Waals surface area (Å²) in [5.74, 6) is -1.66. The summed E-state index contributed by atoms with van der Waals surface area (Å²) >= 11 is 0. The van der Waals surface area contributed by atoms with Crippen molar-refractivity contribution in [2.45, 2.75) is 32.1 Å². The van der Waals surface area contributed by atoms with Crippen molar-refractivity contribution in [2.75, 3.05) is 0 Å². The normalized spacial score (nSPS) is 11.9. The highest BCUT2D eigenvalue weighted by molar-refractivity contribution is 6.01. The van der Waals surface area contributed by atoms with Crippen LogP contribution in [0.1, 0.15) is 13.8 Å². The van der Waals surface area contributed by atoms with E-state index in [4.69, 9.17) is 18.0 Å². The molecule has 0 fully saturated rings. The third kappa shape index (κ3) is 6.95. The van der Waals surface area contributed by atoms with E-state index in [1.54, 1.807) is 11.8 Å². The molecular formula is C14H16N4O6. The molecule has 0 aromatic rings. The van der Waals surface area contributed by atoms with Crippen molar-refractivity contribution in [3.8, 4) is 24.7 Å². The van der Waals surface area contributed by atoms with Crippen LogP contribution >= 0.6 is 0 Å². The van der Waals surface area contributed by atoms with E-state index in [0.717, 1.165) is 0 Å². The predicted molar refractivity (Wildman–Crippen MR) is 80.6 cm³/mol. The summed E-state index contributed by atoms with van der Waals surface area (Å²) in [6.07, 6.45) is 8.09. The van der Waals surface area contributed by atoms with Gasteiger partial charge < -0.3 is 26.4 Å². The molecule has 5 N–H and O–H groups in total. The van der Waals surface area contributed by atoms with E-state index in [0.29, 0.717) is 0 Å². The summed E-state index contributed by atoms with van der Waals surface area (Å²) in [7, 11) is 0. The number of aliphatic carboxylic acids is 1. The minimum Gasteiger partial charge on any atom is -0.480 e. The number of carboxylic acid groups (broad SMARTS) is 1. The van der Waals surface area contributed by atoms with Crippen molar-refractivity contribution in [3.63, 3.8) is 0 Å². The van der Waals surface area contributed by atoms with Gasteiger partial charge in [-0.25, -0.2) is 0 Å². The Morgan fingerprint density at radius 2 is 1.21 bits per heavy atom. The van der Waals surface area contributed by atoms with Crippen LogP contribution in [0.25, 0.3) is 0 Å². The lowest BCUT2D eigenvalue weighted by atomic mass is 10.2. The van der Waals surface area contributed by atoms with E-state index in [9.17, 15) is 24.0 Å². The van der Waals surface area contributed by atoms with Gasteiger partial charge in [-0.2, -0.15) is 0 Å². The average Bonchev–Trinajstić information content (AvgIpc) is 2.53. The molecule has 0 aromatic carbocycles. The standard InChI is InChI=1S/C14H16N4O6/c1-5-9(19)17-11(18-10(20)6-2)13(22)15-7(3)12(21)16-8(4)14(23)24/h1-2,7-8,11H,3-4H3,(H,15,22)(H,16,21)(H,17,19)(H,18,20)(H,23,24)/t7-,8?/m0/s1. The van der Waals surface area contributed by atoms with Crippen LogP contribution in [0.4, 0.5) is 0 Å². The SMILES string of the molecule is C#CC(=O)NC(NC(=O)C#C)C(=O)N[C@@H](C)C(=O)NC(C)C(=O)O. The van der Waals surface area contributed by atoms with Gasteiger partial charge in [0.05, 0.1) is 0 Å². The second-order valence-corrected chi connectivity index (χ2v) is 4.47. The van der Waals surface area contributed by atoms with Crippen LogP contribution in [-0.4, -0.2) is 53.0 Å². The predicted octanol–water partition coefficient (Wildman–Crippen LogP) is -3.09. The molecule has 0 saturated heterocycles. The lowest BCUT2D eigenvalue weighted by Gasteiger charge is -2.21. The lowest BCUT2D eigenvalue weighted by Crippen LogP contribution is -2.59. The minimum absolute atomic E-state index is 0.788. The van der Waals surface area contributed by atoms with E-state index in [-0.39, 0.29) is 0 Å². The molecule has 0 rings (SSSR count). The molecule has 0 heterocycles. The Balaban J connectivity index is 4.91. The number of hydrogen-bond acceptors (Lipinski definition) is 5. The van der Waals surface area contributed by atoms with Gasteiger partial charge in [-0.3, -0.25) is 24.0 Å². The fourth-order valence-electron chi connectivity index (χ4n) is 1.28. The van der Waals surface area contributed by atoms with Crippen molar-refractivity contribution >= 4 is 29.6 Å². The molecule has 0 aliphatic heterocycles. The number of nitrogens with one attached hydrogen (secondary N) is 4. The van der Waals surface area contributed by atoms with Crippen LogP contribution in [0, 0.1) is 24.7 Å². The zero-order chi connectivity index (χ0) is 18.9. The number of rotatable bonds is 7. The van der Waals surface area contributed by atoms with Gasteiger partial charge in [0.25, 0.3) is 17.7 Å². The van der Waals surface area contributed by atoms with Gasteiger partial charge in [0.2, 0.25) is 5.91 Å². The highest BCUT2D eigenvalue weighted by Crippen LogP contribution is 1.90. The summed E-state index contributed by atoms with van der Waals surface area (Å²) in [5, 5.41) is 17.0. The van der Waals surface area contributed by atoms with Crippen LogP contribution in [0.2, 0.25) is 0 Å². The molecule has 128 valence electrons. The fraction of sp³-hybridized carbons (Fsp3) is 0.357. The van der Waals surface area contributed by atoms with Crippen LogP contribution in [0.15, 0.2) is 0 Å². The highest BCUT2D eigenvalue weighted by atomic mass is 16.4. The molecule has 4 amide bonds. The minimum atomic E-state index is -1.61. The Kier molecular flexibility index (Phi) is 8.09. The summed E-state index contributed by atoms with van der Waals surface area (Å²) in [6, 6.07) is -2.33. The molecular weight excluding hydrogens is 320 g/mol. The number of carbonyl (C=O) groups is 5. The maximum atomic E-state index is 12.0. The van der Waals surface area contributed by atoms with Gasteiger partial charge in [0.1, 0.15) is 12.1 Å². The van der Waals surface area contributed by atoms with Crippen LogP contribution in [-0.2, 0) is 24.0 Å². The first-order valence-corrected chi connectivity index (χ1v) is 6.50. The van der Waals surface area contributed by atoms with Crippen LogP contribution in [0.5, 0.6) is 0 Å². The topological polar surface area (TPSA) is 154 Å². The molecule has 1 unspecified atom stereocenters. The molecule has 0 aromatic heterocycles. The summed E-state index contributed by atoms with van der Waals surface area (Å²) in [6.45, 7) is 2.50. The molecule has 0 saturated carbocycles. The second-order valence-electron chi connectivity index (χ2n) is 4.47. The van der Waals surface area contributed by atoms with Crippen molar-refractivity contribution in [3.05, 3.63) is 0 Å². The van der Waals surface area contributed by atoms with Gasteiger partial charge in [-0.1, -0.05) is 0 Å². The van der Waals surface area contributed by atoms with Gasteiger partial charge in [-0.05, 0) is 25.7 Å². The van der Waals surface area contributed by atoms with E-state index in [1.165, 1.54) is 13.8 Å². The first kappa shape index (κ1) is 20.5. The quantitative estimate of drug-likeness (QED) is 0.245. The third-order valence-corrected chi connectivity index (χ3v) is 2.56. The number of carbonyl (C=O) groups excluding carboxylic acids is 4. The Morgan fingerprint density at radius 1 is 0.792 bits per heavy atom. The van der Waals surface area contributed by atoms with E-state index < -0.39 is 47.8 Å². The van der Waals surface area contributed by atoms with Gasteiger partial charge >= 0.3 is 5.97 Å². The molecule has 2 atom stereocenters. The van der Waals surface area contributed by atoms with Crippen molar-refractivity contribution in [2.24, 2.45) is 0 Å². The Labute approximate surface area is 137 Å². The monoisotopic (exact) mass is 336 g/mol. The van der Waals surface area contributed by atoms with Gasteiger partial charge in [0, 0.05) is 0 Å². The molecule has 0 aliphatic rings. The van der Waals surface area contributed by atoms with Crippen molar-refractivity contribution in [1.29, 1.82) is 0 Å². The summed E-state index contributed by atoms with van der Waals surface area (Å²) in [5.41, 5.74) is 0. The summed E-state index contributed by atoms with van der Waals surface area (Å²) < 4.78 is 0. The molecule has 0 aliphatic carbocycles. The van der Waals surface area contributed by atoms with Gasteiger partial charge in [0.15, 0.2) is 6.17 Å². The zero-order valence-corrected chi connectivity index (χ0v) is 12.9. The van der Waals surface area contributed by atoms with E-state index in [1.807, 2.05) is 10.6 Å². The number of carboxylic acids is 1. The smallest absolute Gasteiger partial charge is 0.325 e. The lowest BCUT2D eigenvalue weighted by molar-refractivity contribution is -0.141. The van der Waals surface area contributed by atoms with Gasteiger partial charge in [-0.15, -0.1) is 12.8 Å². The van der Waals surface area contributed by atoms with Crippen LogP contribution < -0.4 is 21.3 Å². The zero-order valence-electron chi connectivity index (χ0n) is 12.9. The fourth-order valence-corrected chi connectivity index (χ4v) is 1.28. The molecule has 0 bridgehead atoms. The third-order valence-electron chi connectivity index (χ3n) is 2.56. The first-order valence-electron chi connectivity index (χ1n) is 6.50. The van der Waals surface area contributed by atoms with Crippen molar-refractivity contribution < 1.29 is 29.1 Å². The Bertz CT molecular complexity index is 602. The van der Waals surface area contributed by atoms with Crippen molar-refractivity contribution in [1.82, 2.24) is 21.3 Å². The molecule has 10 heteroatoms. The maximum Gasteiger partial charge on any atom is 0.325 e. The van der Waals surface area contributed by atoms with Crippen LogP contribution in [0.3, 0.4) is 0 Å². The number of amides is 4. The first-order chi connectivity index (χ1) is 11.1. The number of terminal acetylenes is 2. The summed E-state index contributed by atoms with van der Waals surface area (Å²) in [4.78, 5) is 56.7. The molecule has 0 spiro atoms.